The number of rotatable bonds is 3. The van der Waals surface area contributed by atoms with Crippen LogP contribution in [0.4, 0.5) is 11.6 Å². The van der Waals surface area contributed by atoms with Crippen LogP contribution in [0.1, 0.15) is 12.5 Å². The molecule has 2 aromatic heterocycles. The number of hydrogen-bond donors (Lipinski definition) is 2. The van der Waals surface area contributed by atoms with E-state index in [1.807, 2.05) is 32.0 Å². The van der Waals surface area contributed by atoms with E-state index in [-0.39, 0.29) is 5.95 Å². The molecule has 0 unspecified atom stereocenters. The van der Waals surface area contributed by atoms with Gasteiger partial charge in [-0.05, 0) is 26.0 Å². The molecule has 0 aliphatic heterocycles. The molecule has 3 aromatic rings. The quantitative estimate of drug-likeness (QED) is 0.710. The number of nitrogens with zero attached hydrogens (tertiary/aromatic N) is 4. The molecule has 3 rings (SSSR count). The van der Waals surface area contributed by atoms with Crippen LogP contribution in [-0.2, 0) is 0 Å². The second kappa shape index (κ2) is 5.44. The normalized spacial score (nSPS) is 10.8. The van der Waals surface area contributed by atoms with Crippen LogP contribution < -0.4 is 16.2 Å². The summed E-state index contributed by atoms with van der Waals surface area (Å²) in [5, 5.41) is 0. The molecule has 0 saturated heterocycles. The van der Waals surface area contributed by atoms with Gasteiger partial charge in [0.1, 0.15) is 0 Å². The Hall–Kier alpha value is -2.96. The molecule has 0 bridgehead atoms. The highest BCUT2D eigenvalue weighted by atomic mass is 16.5. The number of anilines is 2. The van der Waals surface area contributed by atoms with E-state index in [9.17, 15) is 0 Å². The fourth-order valence-electron chi connectivity index (χ4n) is 2.16. The third-order valence-electron chi connectivity index (χ3n) is 3.16. The molecule has 7 heteroatoms. The SMILES string of the molecule is CCOc1nc(N)nc2ncc(-c3cc(C)ccc3N)nc12. The number of ether oxygens (including phenoxy) is 1. The largest absolute Gasteiger partial charge is 0.476 e. The molecule has 0 amide bonds. The number of benzene rings is 1. The van der Waals surface area contributed by atoms with Crippen LogP contribution in [0.2, 0.25) is 0 Å². The molecule has 0 atom stereocenters. The molecule has 0 saturated carbocycles. The van der Waals surface area contributed by atoms with Crippen molar-refractivity contribution in [1.82, 2.24) is 19.9 Å². The van der Waals surface area contributed by atoms with Gasteiger partial charge in [-0.25, -0.2) is 9.97 Å². The Kier molecular flexibility index (Phi) is 3.46. The molecule has 112 valence electrons. The Bertz CT molecular complexity index is 849. The lowest BCUT2D eigenvalue weighted by atomic mass is 10.1. The molecular weight excluding hydrogens is 280 g/mol. The number of hydrogen-bond acceptors (Lipinski definition) is 7. The van der Waals surface area contributed by atoms with Gasteiger partial charge in [-0.2, -0.15) is 9.97 Å². The van der Waals surface area contributed by atoms with Gasteiger partial charge in [0.15, 0.2) is 11.2 Å². The van der Waals surface area contributed by atoms with Gasteiger partial charge in [0.25, 0.3) is 0 Å². The van der Waals surface area contributed by atoms with E-state index in [4.69, 9.17) is 16.2 Å². The highest BCUT2D eigenvalue weighted by Gasteiger charge is 2.13. The fraction of sp³-hybridized carbons (Fsp3) is 0.200. The van der Waals surface area contributed by atoms with Gasteiger partial charge in [0.05, 0.1) is 18.5 Å². The highest BCUT2D eigenvalue weighted by Crippen LogP contribution is 2.28. The maximum absolute atomic E-state index is 6.04. The van der Waals surface area contributed by atoms with Gasteiger partial charge in [0.2, 0.25) is 11.8 Å². The van der Waals surface area contributed by atoms with E-state index in [0.29, 0.717) is 35.0 Å². The van der Waals surface area contributed by atoms with Crippen molar-refractivity contribution in [1.29, 1.82) is 0 Å². The molecule has 0 spiro atoms. The Labute approximate surface area is 127 Å². The summed E-state index contributed by atoms with van der Waals surface area (Å²) in [7, 11) is 0. The van der Waals surface area contributed by atoms with E-state index < -0.39 is 0 Å². The summed E-state index contributed by atoms with van der Waals surface area (Å²) in [6, 6.07) is 5.76. The predicted octanol–water partition coefficient (Wildman–Crippen LogP) is 1.96. The van der Waals surface area contributed by atoms with Crippen LogP contribution in [0.15, 0.2) is 24.4 Å². The molecule has 1 aromatic carbocycles. The second-order valence-electron chi connectivity index (χ2n) is 4.84. The lowest BCUT2D eigenvalue weighted by Gasteiger charge is -2.09. The van der Waals surface area contributed by atoms with Crippen LogP contribution in [0.25, 0.3) is 22.4 Å². The summed E-state index contributed by atoms with van der Waals surface area (Å²) in [5.74, 6) is 0.429. The molecule has 4 N–H and O–H groups in total. The fourth-order valence-corrected chi connectivity index (χ4v) is 2.16. The summed E-state index contributed by atoms with van der Waals surface area (Å²) in [6.45, 7) is 4.30. The molecular formula is C15H16N6O. The maximum atomic E-state index is 6.04. The zero-order valence-corrected chi connectivity index (χ0v) is 12.4. The van der Waals surface area contributed by atoms with Crippen molar-refractivity contribution in [2.24, 2.45) is 0 Å². The van der Waals surface area contributed by atoms with Crippen molar-refractivity contribution in [2.45, 2.75) is 13.8 Å². The average Bonchev–Trinajstić information content (AvgIpc) is 2.49. The average molecular weight is 296 g/mol. The van der Waals surface area contributed by atoms with E-state index in [1.54, 1.807) is 6.20 Å². The van der Waals surface area contributed by atoms with E-state index in [1.165, 1.54) is 0 Å². The van der Waals surface area contributed by atoms with E-state index in [2.05, 4.69) is 19.9 Å². The van der Waals surface area contributed by atoms with Gasteiger partial charge in [-0.3, -0.25) is 0 Å². The highest BCUT2D eigenvalue weighted by molar-refractivity contribution is 5.82. The third kappa shape index (κ3) is 2.48. The molecule has 0 radical (unpaired) electrons. The van der Waals surface area contributed by atoms with Gasteiger partial charge >= 0.3 is 0 Å². The van der Waals surface area contributed by atoms with Gasteiger partial charge in [-0.1, -0.05) is 11.6 Å². The Balaban J connectivity index is 2.22. The van der Waals surface area contributed by atoms with E-state index >= 15 is 0 Å². The minimum Gasteiger partial charge on any atom is -0.476 e. The number of nitrogens with two attached hydrogens (primary N) is 2. The first-order valence-corrected chi connectivity index (χ1v) is 6.88. The summed E-state index contributed by atoms with van der Waals surface area (Å²) < 4.78 is 5.48. The first-order valence-electron chi connectivity index (χ1n) is 6.88. The summed E-state index contributed by atoms with van der Waals surface area (Å²) in [4.78, 5) is 17.0. The molecule has 0 aliphatic rings. The standard InChI is InChI=1S/C15H16N6O/c1-3-22-14-12-13(20-15(17)21-14)18-7-11(19-12)9-6-8(2)4-5-10(9)16/h4-7H,3,16H2,1-2H3,(H2,17,18,20,21). The number of aromatic nitrogens is 4. The molecule has 22 heavy (non-hydrogen) atoms. The van der Waals surface area contributed by atoms with Crippen LogP contribution in [0, 0.1) is 6.92 Å². The zero-order valence-electron chi connectivity index (χ0n) is 12.4. The number of aryl methyl sites for hydroxylation is 1. The van der Waals surface area contributed by atoms with Crippen LogP contribution in [0.5, 0.6) is 5.88 Å². The van der Waals surface area contributed by atoms with Crippen molar-refractivity contribution in [3.05, 3.63) is 30.0 Å². The maximum Gasteiger partial charge on any atom is 0.247 e. The van der Waals surface area contributed by atoms with Crippen LogP contribution >= 0.6 is 0 Å². The first kappa shape index (κ1) is 14.0. The molecule has 0 fully saturated rings. The van der Waals surface area contributed by atoms with Crippen LogP contribution in [-0.4, -0.2) is 26.5 Å². The lowest BCUT2D eigenvalue weighted by Crippen LogP contribution is -2.04. The lowest BCUT2D eigenvalue weighted by molar-refractivity contribution is 0.330. The van der Waals surface area contributed by atoms with Crippen molar-refractivity contribution in [2.75, 3.05) is 18.1 Å². The molecule has 0 aliphatic carbocycles. The summed E-state index contributed by atoms with van der Waals surface area (Å²) in [6.07, 6.45) is 1.62. The third-order valence-corrected chi connectivity index (χ3v) is 3.16. The monoisotopic (exact) mass is 296 g/mol. The van der Waals surface area contributed by atoms with E-state index in [0.717, 1.165) is 11.1 Å². The Morgan fingerprint density at radius 2 is 1.95 bits per heavy atom. The van der Waals surface area contributed by atoms with Gasteiger partial charge in [-0.15, -0.1) is 0 Å². The first-order chi connectivity index (χ1) is 10.6. The molecule has 2 heterocycles. The smallest absolute Gasteiger partial charge is 0.247 e. The number of nitrogen functional groups attached to an aromatic ring is 2. The minimum atomic E-state index is 0.105. The topological polar surface area (TPSA) is 113 Å². The van der Waals surface area contributed by atoms with Crippen molar-refractivity contribution in [3.8, 4) is 17.1 Å². The summed E-state index contributed by atoms with van der Waals surface area (Å²) >= 11 is 0. The molecule has 7 nitrogen and oxygen atoms in total. The Morgan fingerprint density at radius 1 is 1.14 bits per heavy atom. The van der Waals surface area contributed by atoms with Crippen molar-refractivity contribution >= 4 is 22.8 Å². The number of fused-ring (bicyclic) bond motifs is 1. The Morgan fingerprint density at radius 3 is 2.73 bits per heavy atom. The second-order valence-corrected chi connectivity index (χ2v) is 4.84. The minimum absolute atomic E-state index is 0.105. The predicted molar refractivity (Wildman–Crippen MR) is 85.3 cm³/mol. The summed E-state index contributed by atoms with van der Waals surface area (Å²) in [5.41, 5.74) is 15.7. The van der Waals surface area contributed by atoms with Crippen molar-refractivity contribution in [3.63, 3.8) is 0 Å². The van der Waals surface area contributed by atoms with Crippen molar-refractivity contribution < 1.29 is 4.74 Å². The van der Waals surface area contributed by atoms with Crippen LogP contribution in [0.3, 0.4) is 0 Å². The van der Waals surface area contributed by atoms with Gasteiger partial charge < -0.3 is 16.2 Å². The zero-order chi connectivity index (χ0) is 15.7. The van der Waals surface area contributed by atoms with Gasteiger partial charge in [0, 0.05) is 11.3 Å².